The third-order valence-corrected chi connectivity index (χ3v) is 6.16. The lowest BCUT2D eigenvalue weighted by atomic mass is 9.72. The summed E-state index contributed by atoms with van der Waals surface area (Å²) in [5.41, 5.74) is 2.13. The summed E-state index contributed by atoms with van der Waals surface area (Å²) in [6.45, 7) is 3.72. The Bertz CT molecular complexity index is 994. The number of esters is 1. The van der Waals surface area contributed by atoms with Crippen LogP contribution in [0, 0.1) is 17.8 Å². The number of benzene rings is 2. The molecule has 0 radical (unpaired) electrons. The van der Waals surface area contributed by atoms with Crippen LogP contribution in [-0.4, -0.2) is 30.5 Å². The van der Waals surface area contributed by atoms with Crippen LogP contribution in [0.15, 0.2) is 59.7 Å². The summed E-state index contributed by atoms with van der Waals surface area (Å²) in [5.74, 6) is -0.873. The maximum atomic E-state index is 12.9. The molecule has 0 bridgehead atoms. The van der Waals surface area contributed by atoms with Gasteiger partial charge < -0.3 is 4.74 Å². The van der Waals surface area contributed by atoms with Crippen LogP contribution >= 0.6 is 0 Å². The predicted molar refractivity (Wildman–Crippen MR) is 113 cm³/mol. The van der Waals surface area contributed by atoms with Gasteiger partial charge in [-0.2, -0.15) is 18.3 Å². The van der Waals surface area contributed by atoms with Gasteiger partial charge in [0.25, 0.3) is 0 Å². The number of anilines is 1. The van der Waals surface area contributed by atoms with E-state index in [1.807, 2.05) is 61.5 Å². The molecule has 0 N–H and O–H groups in total. The highest BCUT2D eigenvalue weighted by molar-refractivity contribution is 6.10. The molecule has 1 unspecified atom stereocenters. The second-order valence-electron chi connectivity index (χ2n) is 8.97. The smallest absolute Gasteiger partial charge is 0.422 e. The second kappa shape index (κ2) is 7.39. The Balaban J connectivity index is 1.75. The van der Waals surface area contributed by atoms with Crippen molar-refractivity contribution in [3.05, 3.63) is 65.7 Å². The van der Waals surface area contributed by atoms with Crippen LogP contribution < -0.4 is 5.01 Å². The van der Waals surface area contributed by atoms with Gasteiger partial charge in [-0.1, -0.05) is 48.0 Å². The lowest BCUT2D eigenvalue weighted by Crippen LogP contribution is -2.51. The lowest BCUT2D eigenvalue weighted by Gasteiger charge is -2.39. The van der Waals surface area contributed by atoms with E-state index in [9.17, 15) is 18.0 Å². The second-order valence-corrected chi connectivity index (χ2v) is 8.97. The molecular weight excluding hydrogens is 405 g/mol. The first-order chi connectivity index (χ1) is 14.5. The molecule has 1 aliphatic carbocycles. The number of carbonyl (C=O) groups excluding carboxylic acids is 1. The minimum Gasteiger partial charge on any atom is -0.456 e. The predicted octanol–water partition coefficient (Wildman–Crippen LogP) is 5.50. The van der Waals surface area contributed by atoms with E-state index in [2.05, 4.69) is 0 Å². The zero-order valence-corrected chi connectivity index (χ0v) is 17.7. The Morgan fingerprint density at radius 2 is 1.71 bits per heavy atom. The number of nitrogens with zero attached hydrogens (tertiary/aromatic N) is 2. The van der Waals surface area contributed by atoms with Crippen molar-refractivity contribution in [2.24, 2.45) is 15.9 Å². The topological polar surface area (TPSA) is 41.9 Å². The monoisotopic (exact) mass is 430 g/mol. The number of hydrogen-bond donors (Lipinski definition) is 0. The number of para-hydroxylation sites is 1. The van der Waals surface area contributed by atoms with Gasteiger partial charge in [0.05, 0.1) is 22.9 Å². The third kappa shape index (κ3) is 3.93. The van der Waals surface area contributed by atoms with Crippen molar-refractivity contribution in [2.75, 3.05) is 11.6 Å². The zero-order chi connectivity index (χ0) is 22.4. The highest BCUT2D eigenvalue weighted by Gasteiger charge is 2.66. The molecule has 1 saturated carbocycles. The van der Waals surface area contributed by atoms with E-state index in [1.54, 1.807) is 18.9 Å². The first kappa shape index (κ1) is 21.4. The van der Waals surface area contributed by atoms with Gasteiger partial charge in [-0.05, 0) is 51.3 Å². The van der Waals surface area contributed by atoms with Crippen molar-refractivity contribution in [3.8, 4) is 0 Å². The summed E-state index contributed by atoms with van der Waals surface area (Å²) in [5, 5.41) is 6.74. The average Bonchev–Trinajstić information content (AvgIpc) is 3.42. The molecule has 7 heteroatoms. The Kier molecular flexibility index (Phi) is 5.10. The fourth-order valence-corrected chi connectivity index (χ4v) is 4.56. The molecule has 1 heterocycles. The van der Waals surface area contributed by atoms with Gasteiger partial charge in [-0.25, -0.2) is 0 Å². The SMILES string of the molecule is Cc1ccc(C2=NN(c3ccccc3)C(C(C)(C)C(=O)OCC(F)(F)F)C23CC3)cc1. The van der Waals surface area contributed by atoms with E-state index in [4.69, 9.17) is 9.84 Å². The fourth-order valence-electron chi connectivity index (χ4n) is 4.56. The molecule has 2 aromatic rings. The fraction of sp³-hybridized carbons (Fsp3) is 0.417. The lowest BCUT2D eigenvalue weighted by molar-refractivity contribution is -0.193. The van der Waals surface area contributed by atoms with Crippen LogP contribution in [0.25, 0.3) is 0 Å². The standard InChI is InChI=1S/C24H25F3N2O2/c1-16-9-11-17(12-10-16)19-23(13-14-23)20(29(28-19)18-7-5-4-6-8-18)22(2,3)21(30)31-15-24(25,26)27/h4-12,20H,13-15H2,1-3H3. The maximum Gasteiger partial charge on any atom is 0.422 e. The minimum atomic E-state index is -4.57. The Morgan fingerprint density at radius 1 is 1.10 bits per heavy atom. The largest absolute Gasteiger partial charge is 0.456 e. The number of aryl methyl sites for hydroxylation is 1. The number of carbonyl (C=O) groups is 1. The van der Waals surface area contributed by atoms with Crippen LogP contribution in [-0.2, 0) is 9.53 Å². The van der Waals surface area contributed by atoms with Gasteiger partial charge >= 0.3 is 12.1 Å². The van der Waals surface area contributed by atoms with Crippen LogP contribution in [0.2, 0.25) is 0 Å². The van der Waals surface area contributed by atoms with Gasteiger partial charge in [0, 0.05) is 5.41 Å². The molecule has 0 saturated heterocycles. The molecule has 1 aliphatic heterocycles. The molecule has 2 aliphatic rings. The van der Waals surface area contributed by atoms with E-state index >= 15 is 0 Å². The zero-order valence-electron chi connectivity index (χ0n) is 17.7. The van der Waals surface area contributed by atoms with Crippen molar-refractivity contribution in [3.63, 3.8) is 0 Å². The van der Waals surface area contributed by atoms with Crippen LogP contribution in [0.5, 0.6) is 0 Å². The first-order valence-corrected chi connectivity index (χ1v) is 10.3. The Labute approximate surface area is 179 Å². The van der Waals surface area contributed by atoms with Crippen molar-refractivity contribution < 1.29 is 22.7 Å². The minimum absolute atomic E-state index is 0.411. The average molecular weight is 430 g/mol. The molecule has 0 amide bonds. The quantitative estimate of drug-likeness (QED) is 0.589. The highest BCUT2D eigenvalue weighted by atomic mass is 19.4. The molecule has 31 heavy (non-hydrogen) atoms. The Morgan fingerprint density at radius 3 is 2.26 bits per heavy atom. The molecule has 1 spiro atoms. The van der Waals surface area contributed by atoms with Crippen molar-refractivity contribution in [2.45, 2.75) is 45.8 Å². The third-order valence-electron chi connectivity index (χ3n) is 6.16. The highest BCUT2D eigenvalue weighted by Crippen LogP contribution is 2.61. The number of ether oxygens (including phenoxy) is 1. The van der Waals surface area contributed by atoms with E-state index in [0.717, 1.165) is 35.4 Å². The molecule has 1 fully saturated rings. The summed E-state index contributed by atoms with van der Waals surface area (Å²) in [4.78, 5) is 12.9. The number of hydrazone groups is 1. The normalized spacial score (nSPS) is 20.0. The van der Waals surface area contributed by atoms with Crippen LogP contribution in [0.4, 0.5) is 18.9 Å². The summed E-state index contributed by atoms with van der Waals surface area (Å²) >= 11 is 0. The van der Waals surface area contributed by atoms with Crippen molar-refractivity contribution >= 4 is 17.4 Å². The number of hydrogen-bond acceptors (Lipinski definition) is 4. The van der Waals surface area contributed by atoms with Gasteiger partial charge in [0.1, 0.15) is 0 Å². The molecular formula is C24H25F3N2O2. The van der Waals surface area contributed by atoms with Crippen molar-refractivity contribution in [1.29, 1.82) is 0 Å². The molecule has 4 rings (SSSR count). The van der Waals surface area contributed by atoms with Gasteiger partial charge in [0.15, 0.2) is 6.61 Å². The van der Waals surface area contributed by atoms with Gasteiger partial charge in [0.2, 0.25) is 0 Å². The first-order valence-electron chi connectivity index (χ1n) is 10.3. The molecule has 1 atom stereocenters. The summed E-state index contributed by atoms with van der Waals surface area (Å²) in [7, 11) is 0. The molecule has 4 nitrogen and oxygen atoms in total. The van der Waals surface area contributed by atoms with E-state index in [0.29, 0.717) is 0 Å². The van der Waals surface area contributed by atoms with Gasteiger partial charge in [-0.3, -0.25) is 9.80 Å². The number of rotatable bonds is 5. The van der Waals surface area contributed by atoms with E-state index in [-0.39, 0.29) is 0 Å². The molecule has 2 aromatic carbocycles. The van der Waals surface area contributed by atoms with E-state index in [1.165, 1.54) is 0 Å². The van der Waals surface area contributed by atoms with E-state index < -0.39 is 35.6 Å². The van der Waals surface area contributed by atoms with Crippen LogP contribution in [0.1, 0.15) is 37.8 Å². The number of halogens is 3. The summed E-state index contributed by atoms with van der Waals surface area (Å²) < 4.78 is 42.8. The maximum absolute atomic E-state index is 12.9. The Hall–Kier alpha value is -2.83. The molecule has 0 aromatic heterocycles. The molecule has 164 valence electrons. The van der Waals surface area contributed by atoms with Crippen molar-refractivity contribution in [1.82, 2.24) is 0 Å². The number of alkyl halides is 3. The van der Waals surface area contributed by atoms with Crippen LogP contribution in [0.3, 0.4) is 0 Å². The van der Waals surface area contributed by atoms with Gasteiger partial charge in [-0.15, -0.1) is 0 Å². The summed E-state index contributed by atoms with van der Waals surface area (Å²) in [6.07, 6.45) is -2.95. The summed E-state index contributed by atoms with van der Waals surface area (Å²) in [6, 6.07) is 17.0.